The predicted molar refractivity (Wildman–Crippen MR) is 169 cm³/mol. The number of rotatable bonds is 6. The van der Waals surface area contributed by atoms with Crippen molar-refractivity contribution in [2.75, 3.05) is 13.2 Å². The highest BCUT2D eigenvalue weighted by atomic mass is 35.5. The minimum Gasteiger partial charge on any atom is -0.479 e. The van der Waals surface area contributed by atoms with Crippen LogP contribution in [0.25, 0.3) is 42.8 Å². The van der Waals surface area contributed by atoms with Crippen LogP contribution in [0, 0.1) is 6.92 Å². The van der Waals surface area contributed by atoms with Gasteiger partial charge in [0, 0.05) is 53.3 Å². The largest absolute Gasteiger partial charge is 0.479 e. The number of ether oxygens (including phenoxy) is 2. The molecule has 1 fully saturated rings. The monoisotopic (exact) mass is 603 g/mol. The highest BCUT2D eigenvalue weighted by molar-refractivity contribution is 7.22. The van der Waals surface area contributed by atoms with Gasteiger partial charge in [0.25, 0.3) is 0 Å². The summed E-state index contributed by atoms with van der Waals surface area (Å²) in [5, 5.41) is 17.9. The van der Waals surface area contributed by atoms with Gasteiger partial charge in [0.2, 0.25) is 0 Å². The Kier molecular flexibility index (Phi) is 7.60. The van der Waals surface area contributed by atoms with Gasteiger partial charge in [-0.3, -0.25) is 4.68 Å². The van der Waals surface area contributed by atoms with Crippen LogP contribution < -0.4 is 0 Å². The van der Waals surface area contributed by atoms with Gasteiger partial charge in [-0.05, 0) is 88.1 Å². The molecule has 1 saturated heterocycles. The molecule has 0 amide bonds. The van der Waals surface area contributed by atoms with E-state index >= 15 is 0 Å². The zero-order chi connectivity index (χ0) is 29.8. The quantitative estimate of drug-likeness (QED) is 0.210. The van der Waals surface area contributed by atoms with E-state index in [1.165, 1.54) is 0 Å². The van der Waals surface area contributed by atoms with Gasteiger partial charge in [0.15, 0.2) is 6.10 Å². The lowest BCUT2D eigenvalue weighted by molar-refractivity contribution is -0.160. The summed E-state index contributed by atoms with van der Waals surface area (Å²) in [6, 6.07) is 15.9. The molecule has 2 aromatic heterocycles. The first-order chi connectivity index (χ1) is 20.0. The average Bonchev–Trinajstić information content (AvgIpc) is 3.52. The van der Waals surface area contributed by atoms with Crippen molar-refractivity contribution in [2.24, 2.45) is 7.05 Å². The maximum absolute atomic E-state index is 12.6. The predicted octanol–water partition coefficient (Wildman–Crippen LogP) is 8.31. The Balaban J connectivity index is 1.55. The van der Waals surface area contributed by atoms with E-state index < -0.39 is 17.7 Å². The van der Waals surface area contributed by atoms with Crippen LogP contribution in [0.5, 0.6) is 0 Å². The van der Waals surface area contributed by atoms with Crippen LogP contribution >= 0.6 is 22.9 Å². The molecule has 1 atom stereocenters. The number of hydrogen-bond donors (Lipinski definition) is 1. The second-order valence-corrected chi connectivity index (χ2v) is 13.4. The highest BCUT2D eigenvalue weighted by Gasteiger charge is 2.32. The van der Waals surface area contributed by atoms with Crippen LogP contribution in [-0.2, 0) is 21.3 Å². The summed E-state index contributed by atoms with van der Waals surface area (Å²) in [6.07, 6.45) is 0.774. The maximum atomic E-state index is 12.6. The number of carboxylic acid groups (broad SMARTS) is 1. The highest BCUT2D eigenvalue weighted by Crippen LogP contribution is 2.45. The van der Waals surface area contributed by atoms with E-state index in [2.05, 4.69) is 18.2 Å². The Bertz CT molecular complexity index is 1800. The van der Waals surface area contributed by atoms with Gasteiger partial charge in [-0.25, -0.2) is 9.78 Å². The van der Waals surface area contributed by atoms with Crippen LogP contribution in [0.3, 0.4) is 0 Å². The van der Waals surface area contributed by atoms with E-state index in [1.54, 1.807) is 11.3 Å². The van der Waals surface area contributed by atoms with Gasteiger partial charge >= 0.3 is 5.97 Å². The number of fused-ring (bicyclic) bond motifs is 2. The molecule has 42 heavy (non-hydrogen) atoms. The molecular weight excluding hydrogens is 570 g/mol. The van der Waals surface area contributed by atoms with E-state index in [-0.39, 0.29) is 0 Å². The molecule has 5 aromatic rings. The standard InChI is InChI=1S/C33H34ClN3O4S/c1-18-16-24-30(27(19-6-9-22(34)10-7-19)26(18)29(32(38)39)41-33(2,3)4)42-31(35-24)21-8-11-25-23(17-21)28(36-37(25)5)20-12-14-40-15-13-20/h6-11,16-17,20,29H,12-15H2,1-5H3,(H,38,39). The van der Waals surface area contributed by atoms with E-state index in [1.807, 2.05) is 69.8 Å². The third-order valence-electron chi connectivity index (χ3n) is 7.75. The molecule has 1 aliphatic heterocycles. The molecule has 1 aliphatic rings. The number of aromatic nitrogens is 3. The van der Waals surface area contributed by atoms with Gasteiger partial charge in [-0.1, -0.05) is 23.7 Å². The van der Waals surface area contributed by atoms with Crippen molar-refractivity contribution in [3.63, 3.8) is 0 Å². The molecule has 1 unspecified atom stereocenters. The van der Waals surface area contributed by atoms with Crippen molar-refractivity contribution in [1.82, 2.24) is 14.8 Å². The molecule has 6 rings (SSSR count). The zero-order valence-corrected chi connectivity index (χ0v) is 26.0. The maximum Gasteiger partial charge on any atom is 0.337 e. The average molecular weight is 604 g/mol. The van der Waals surface area contributed by atoms with Crippen LogP contribution in [0.15, 0.2) is 48.5 Å². The summed E-state index contributed by atoms with van der Waals surface area (Å²) in [6.45, 7) is 9.04. The van der Waals surface area contributed by atoms with Gasteiger partial charge in [0.05, 0.1) is 27.0 Å². The number of nitrogens with zero attached hydrogens (tertiary/aromatic N) is 3. The molecule has 3 heterocycles. The second-order valence-electron chi connectivity index (χ2n) is 11.9. The first-order valence-electron chi connectivity index (χ1n) is 14.2. The minimum absolute atomic E-state index is 0.366. The molecular formula is C33H34ClN3O4S. The van der Waals surface area contributed by atoms with Gasteiger partial charge < -0.3 is 14.6 Å². The van der Waals surface area contributed by atoms with E-state index in [4.69, 9.17) is 31.2 Å². The summed E-state index contributed by atoms with van der Waals surface area (Å²) < 4.78 is 14.6. The number of thiazole rings is 1. The third kappa shape index (κ3) is 5.44. The van der Waals surface area contributed by atoms with E-state index in [0.29, 0.717) is 16.5 Å². The molecule has 7 nitrogen and oxygen atoms in total. The second kappa shape index (κ2) is 11.1. The lowest BCUT2D eigenvalue weighted by Gasteiger charge is -2.28. The van der Waals surface area contributed by atoms with Crippen LogP contribution in [0.4, 0.5) is 0 Å². The number of carboxylic acids is 1. The van der Waals surface area contributed by atoms with Crippen molar-refractivity contribution in [1.29, 1.82) is 0 Å². The molecule has 218 valence electrons. The first-order valence-corrected chi connectivity index (χ1v) is 15.3. The molecule has 0 bridgehead atoms. The lowest BCUT2D eigenvalue weighted by Crippen LogP contribution is -2.28. The molecule has 9 heteroatoms. The third-order valence-corrected chi connectivity index (χ3v) is 9.14. The van der Waals surface area contributed by atoms with Crippen molar-refractivity contribution in [3.8, 4) is 21.7 Å². The Hall–Kier alpha value is -3.30. The summed E-state index contributed by atoms with van der Waals surface area (Å²) in [5.74, 6) is -0.666. The number of halogens is 1. The Morgan fingerprint density at radius 1 is 1.12 bits per heavy atom. The fourth-order valence-electron chi connectivity index (χ4n) is 5.86. The summed E-state index contributed by atoms with van der Waals surface area (Å²) >= 11 is 7.81. The van der Waals surface area contributed by atoms with E-state index in [9.17, 15) is 9.90 Å². The first kappa shape index (κ1) is 28.8. The van der Waals surface area contributed by atoms with Crippen molar-refractivity contribution in [3.05, 3.63) is 70.4 Å². The Morgan fingerprint density at radius 3 is 2.48 bits per heavy atom. The van der Waals surface area contributed by atoms with Crippen molar-refractivity contribution >= 4 is 50.0 Å². The number of aliphatic carboxylic acids is 1. The lowest BCUT2D eigenvalue weighted by atomic mass is 9.91. The smallest absolute Gasteiger partial charge is 0.337 e. The number of benzene rings is 3. The van der Waals surface area contributed by atoms with Gasteiger partial charge in [0.1, 0.15) is 5.01 Å². The number of carbonyl (C=O) groups is 1. The molecule has 0 aliphatic carbocycles. The zero-order valence-electron chi connectivity index (χ0n) is 24.4. The normalized spacial score (nSPS) is 15.5. The Labute approximate surface area is 254 Å². The van der Waals surface area contributed by atoms with Gasteiger partial charge in [-0.15, -0.1) is 11.3 Å². The topological polar surface area (TPSA) is 86.5 Å². The van der Waals surface area contributed by atoms with Crippen LogP contribution in [0.2, 0.25) is 5.02 Å². The molecule has 0 radical (unpaired) electrons. The summed E-state index contributed by atoms with van der Waals surface area (Å²) in [5.41, 5.74) is 6.48. The van der Waals surface area contributed by atoms with E-state index in [0.717, 1.165) is 80.1 Å². The summed E-state index contributed by atoms with van der Waals surface area (Å²) in [7, 11) is 1.99. The minimum atomic E-state index is -1.15. The van der Waals surface area contributed by atoms with Crippen LogP contribution in [0.1, 0.15) is 62.5 Å². The Morgan fingerprint density at radius 2 is 1.81 bits per heavy atom. The van der Waals surface area contributed by atoms with Gasteiger partial charge in [-0.2, -0.15) is 5.10 Å². The molecule has 1 N–H and O–H groups in total. The number of hydrogen-bond acceptors (Lipinski definition) is 6. The molecule has 3 aromatic carbocycles. The fraction of sp³-hybridized carbons (Fsp3) is 0.364. The SMILES string of the molecule is Cc1cc2nc(-c3ccc4c(c3)c(C3CCOCC3)nn4C)sc2c(-c2ccc(Cl)cc2)c1C(OC(C)(C)C)C(=O)O. The van der Waals surface area contributed by atoms with Crippen molar-refractivity contribution in [2.45, 2.75) is 58.2 Å². The van der Waals surface area contributed by atoms with Crippen LogP contribution in [-0.4, -0.2) is 44.7 Å². The summed E-state index contributed by atoms with van der Waals surface area (Å²) in [4.78, 5) is 17.7. The molecule has 0 spiro atoms. The number of aryl methyl sites for hydroxylation is 2. The fourth-order valence-corrected chi connectivity index (χ4v) is 7.11. The van der Waals surface area contributed by atoms with Crippen molar-refractivity contribution < 1.29 is 19.4 Å². The molecule has 0 saturated carbocycles.